The zero-order chi connectivity index (χ0) is 14.9. The molecule has 4 rings (SSSR count). The van der Waals surface area contributed by atoms with Crippen LogP contribution in [-0.2, 0) is 0 Å². The number of anilines is 1. The fourth-order valence-electron chi connectivity index (χ4n) is 3.23. The molecule has 1 aliphatic carbocycles. The van der Waals surface area contributed by atoms with E-state index in [4.69, 9.17) is 9.84 Å². The summed E-state index contributed by atoms with van der Waals surface area (Å²) in [6.07, 6.45) is 4.56. The van der Waals surface area contributed by atoms with Crippen LogP contribution in [0.3, 0.4) is 0 Å². The maximum atomic E-state index is 5.53. The Morgan fingerprint density at radius 3 is 2.64 bits per heavy atom. The number of nitrogens with zero attached hydrogens (tertiary/aromatic N) is 3. The highest BCUT2D eigenvalue weighted by Gasteiger charge is 2.33. The zero-order valence-corrected chi connectivity index (χ0v) is 13.0. The van der Waals surface area contributed by atoms with Gasteiger partial charge in [0.15, 0.2) is 0 Å². The summed E-state index contributed by atoms with van der Waals surface area (Å²) in [4.78, 5) is 2.46. The largest absolute Gasteiger partial charge is 0.494 e. The Labute approximate surface area is 130 Å². The third kappa shape index (κ3) is 2.35. The minimum Gasteiger partial charge on any atom is -0.494 e. The molecule has 2 aromatic rings. The van der Waals surface area contributed by atoms with Crippen LogP contribution in [0.1, 0.15) is 24.5 Å². The van der Waals surface area contributed by atoms with Crippen molar-refractivity contribution in [1.29, 1.82) is 0 Å². The fraction of sp³-hybridized carbons (Fsp3) is 0.471. The van der Waals surface area contributed by atoms with E-state index in [9.17, 15) is 0 Å². The van der Waals surface area contributed by atoms with Gasteiger partial charge >= 0.3 is 0 Å². The molecule has 1 N–H and O–H groups in total. The second kappa shape index (κ2) is 5.65. The molecule has 0 bridgehead atoms. The summed E-state index contributed by atoms with van der Waals surface area (Å²) in [5.41, 5.74) is 3.69. The number of piperazine rings is 1. The third-order valence-corrected chi connectivity index (χ3v) is 4.52. The summed E-state index contributed by atoms with van der Waals surface area (Å²) in [5, 5.41) is 8.12. The van der Waals surface area contributed by atoms with E-state index in [1.165, 1.54) is 24.2 Å². The number of ether oxygens (including phenoxy) is 1. The first kappa shape index (κ1) is 13.6. The number of methoxy groups -OCH3 is 1. The van der Waals surface area contributed by atoms with Crippen LogP contribution in [0.25, 0.3) is 5.69 Å². The van der Waals surface area contributed by atoms with Gasteiger partial charge in [-0.2, -0.15) is 5.10 Å². The number of nitrogens with one attached hydrogen (secondary N) is 1. The smallest absolute Gasteiger partial charge is 0.144 e. The van der Waals surface area contributed by atoms with E-state index >= 15 is 0 Å². The molecule has 0 unspecified atom stereocenters. The third-order valence-electron chi connectivity index (χ3n) is 4.52. The summed E-state index contributed by atoms with van der Waals surface area (Å²) in [7, 11) is 1.72. The van der Waals surface area contributed by atoms with E-state index in [0.717, 1.165) is 37.6 Å². The van der Waals surface area contributed by atoms with Crippen LogP contribution in [0, 0.1) is 0 Å². The summed E-state index contributed by atoms with van der Waals surface area (Å²) in [6, 6.07) is 8.12. The molecule has 5 nitrogen and oxygen atoms in total. The van der Waals surface area contributed by atoms with Gasteiger partial charge in [-0.1, -0.05) is 12.1 Å². The molecule has 5 heteroatoms. The van der Waals surface area contributed by atoms with E-state index in [0.29, 0.717) is 5.92 Å². The number of hydrogen-bond acceptors (Lipinski definition) is 4. The second-order valence-electron chi connectivity index (χ2n) is 6.01. The fourth-order valence-corrected chi connectivity index (χ4v) is 3.23. The predicted molar refractivity (Wildman–Crippen MR) is 87.2 cm³/mol. The Bertz CT molecular complexity index is 656. The Morgan fingerprint density at radius 1 is 1.14 bits per heavy atom. The normalized spacial score (nSPS) is 18.5. The van der Waals surface area contributed by atoms with Crippen LogP contribution >= 0.6 is 0 Å². The van der Waals surface area contributed by atoms with Gasteiger partial charge in [0.25, 0.3) is 0 Å². The van der Waals surface area contributed by atoms with Crippen molar-refractivity contribution in [3.05, 3.63) is 36.2 Å². The number of aromatic nitrogens is 2. The van der Waals surface area contributed by atoms with E-state index in [1.807, 2.05) is 24.4 Å². The molecule has 0 radical (unpaired) electrons. The molecule has 1 aromatic carbocycles. The highest BCUT2D eigenvalue weighted by Crippen LogP contribution is 2.45. The van der Waals surface area contributed by atoms with Crippen molar-refractivity contribution < 1.29 is 4.74 Å². The van der Waals surface area contributed by atoms with Gasteiger partial charge in [-0.3, -0.25) is 0 Å². The molecule has 0 atom stereocenters. The van der Waals surface area contributed by atoms with Gasteiger partial charge in [0.1, 0.15) is 11.4 Å². The highest BCUT2D eigenvalue weighted by atomic mass is 16.5. The second-order valence-corrected chi connectivity index (χ2v) is 6.01. The summed E-state index contributed by atoms with van der Waals surface area (Å²) >= 11 is 0. The van der Waals surface area contributed by atoms with Gasteiger partial charge in [0, 0.05) is 32.1 Å². The van der Waals surface area contributed by atoms with Crippen LogP contribution in [0.15, 0.2) is 30.5 Å². The Hall–Kier alpha value is -2.01. The van der Waals surface area contributed by atoms with Crippen molar-refractivity contribution in [2.24, 2.45) is 0 Å². The summed E-state index contributed by atoms with van der Waals surface area (Å²) in [5.74, 6) is 1.51. The minimum atomic E-state index is 0.636. The number of para-hydroxylation sites is 2. The van der Waals surface area contributed by atoms with Crippen LogP contribution in [-0.4, -0.2) is 43.1 Å². The first-order chi connectivity index (χ1) is 10.9. The summed E-state index contributed by atoms with van der Waals surface area (Å²) in [6.45, 7) is 4.20. The van der Waals surface area contributed by atoms with E-state index in [1.54, 1.807) is 7.11 Å². The van der Waals surface area contributed by atoms with Crippen molar-refractivity contribution in [2.45, 2.75) is 18.8 Å². The monoisotopic (exact) mass is 298 g/mol. The molecular formula is C17H22N4O. The number of rotatable bonds is 4. The standard InChI is InChI=1S/C17H22N4O/c1-22-16-5-3-2-4-14(16)21-17(13-6-7-13)15(12-19-21)20-10-8-18-9-11-20/h2-5,12-13,18H,6-11H2,1H3. The van der Waals surface area contributed by atoms with E-state index < -0.39 is 0 Å². The lowest BCUT2D eigenvalue weighted by Gasteiger charge is -2.29. The molecule has 116 valence electrons. The van der Waals surface area contributed by atoms with Crippen molar-refractivity contribution in [1.82, 2.24) is 15.1 Å². The summed E-state index contributed by atoms with van der Waals surface area (Å²) < 4.78 is 7.62. The van der Waals surface area contributed by atoms with Crippen molar-refractivity contribution in [3.63, 3.8) is 0 Å². The van der Waals surface area contributed by atoms with Crippen LogP contribution in [0.5, 0.6) is 5.75 Å². The molecule has 2 aliphatic rings. The average Bonchev–Trinajstić information content (AvgIpc) is 3.34. The number of hydrogen-bond donors (Lipinski definition) is 1. The van der Waals surface area contributed by atoms with Gasteiger partial charge in [-0.15, -0.1) is 0 Å². The zero-order valence-electron chi connectivity index (χ0n) is 13.0. The predicted octanol–water partition coefficient (Wildman–Crippen LogP) is 2.17. The average molecular weight is 298 g/mol. The number of benzene rings is 1. The van der Waals surface area contributed by atoms with Gasteiger partial charge in [-0.25, -0.2) is 4.68 Å². The van der Waals surface area contributed by atoms with Crippen LogP contribution in [0.4, 0.5) is 5.69 Å². The maximum absolute atomic E-state index is 5.53. The molecule has 1 aliphatic heterocycles. The molecular weight excluding hydrogens is 276 g/mol. The van der Waals surface area contributed by atoms with Gasteiger partial charge in [0.05, 0.1) is 24.7 Å². The Morgan fingerprint density at radius 2 is 1.91 bits per heavy atom. The van der Waals surface area contributed by atoms with E-state index in [-0.39, 0.29) is 0 Å². The molecule has 2 fully saturated rings. The Kier molecular flexibility index (Phi) is 3.50. The maximum Gasteiger partial charge on any atom is 0.144 e. The SMILES string of the molecule is COc1ccccc1-n1ncc(N2CCNCC2)c1C1CC1. The lowest BCUT2D eigenvalue weighted by atomic mass is 10.2. The van der Waals surface area contributed by atoms with Crippen molar-refractivity contribution in [3.8, 4) is 11.4 Å². The minimum absolute atomic E-state index is 0.636. The molecule has 1 saturated carbocycles. The first-order valence-electron chi connectivity index (χ1n) is 8.05. The molecule has 0 spiro atoms. The molecule has 1 aromatic heterocycles. The van der Waals surface area contributed by atoms with E-state index in [2.05, 4.69) is 21.0 Å². The quantitative estimate of drug-likeness (QED) is 0.939. The van der Waals surface area contributed by atoms with Gasteiger partial charge < -0.3 is 15.0 Å². The highest BCUT2D eigenvalue weighted by molar-refractivity contribution is 5.58. The molecule has 2 heterocycles. The lowest BCUT2D eigenvalue weighted by Crippen LogP contribution is -2.43. The van der Waals surface area contributed by atoms with Gasteiger partial charge in [-0.05, 0) is 25.0 Å². The topological polar surface area (TPSA) is 42.3 Å². The first-order valence-corrected chi connectivity index (χ1v) is 8.05. The molecule has 0 amide bonds. The van der Waals surface area contributed by atoms with Crippen molar-refractivity contribution >= 4 is 5.69 Å². The van der Waals surface area contributed by atoms with Crippen LogP contribution < -0.4 is 15.0 Å². The Balaban J connectivity index is 1.78. The van der Waals surface area contributed by atoms with Gasteiger partial charge in [0.2, 0.25) is 0 Å². The molecule has 1 saturated heterocycles. The lowest BCUT2D eigenvalue weighted by molar-refractivity contribution is 0.411. The van der Waals surface area contributed by atoms with Crippen LogP contribution in [0.2, 0.25) is 0 Å². The van der Waals surface area contributed by atoms with Crippen molar-refractivity contribution in [2.75, 3.05) is 38.2 Å². The molecule has 22 heavy (non-hydrogen) atoms.